The summed E-state index contributed by atoms with van der Waals surface area (Å²) < 4.78 is 5.71. The fourth-order valence-electron chi connectivity index (χ4n) is 4.17. The maximum Gasteiger partial charge on any atom is 0.233 e. The van der Waals surface area contributed by atoms with Gasteiger partial charge in [-0.05, 0) is 43.3 Å². The van der Waals surface area contributed by atoms with E-state index >= 15 is 0 Å². The van der Waals surface area contributed by atoms with E-state index < -0.39 is 5.41 Å². The predicted octanol–water partition coefficient (Wildman–Crippen LogP) is 3.59. The highest BCUT2D eigenvalue weighted by molar-refractivity contribution is 5.88. The van der Waals surface area contributed by atoms with Crippen LogP contribution in [0.5, 0.6) is 5.75 Å². The van der Waals surface area contributed by atoms with Crippen LogP contribution in [0.4, 0.5) is 5.82 Å². The number of anilines is 1. The van der Waals surface area contributed by atoms with Crippen LogP contribution in [0.25, 0.3) is 0 Å². The van der Waals surface area contributed by atoms with Gasteiger partial charge in [-0.1, -0.05) is 54.6 Å². The van der Waals surface area contributed by atoms with Crippen LogP contribution in [-0.4, -0.2) is 42.5 Å². The number of carbonyl (C=O) groups excluding carboxylic acids is 1. The number of pyridine rings is 1. The van der Waals surface area contributed by atoms with Crippen LogP contribution in [-0.2, 0) is 23.3 Å². The molecule has 0 aliphatic carbocycles. The Morgan fingerprint density at radius 2 is 1.78 bits per heavy atom. The third-order valence-corrected chi connectivity index (χ3v) is 5.75. The summed E-state index contributed by atoms with van der Waals surface area (Å²) in [7, 11) is 2.04. The summed E-state index contributed by atoms with van der Waals surface area (Å²) in [6, 6.07) is 23.9. The van der Waals surface area contributed by atoms with Crippen molar-refractivity contribution >= 4 is 11.7 Å². The Bertz CT molecular complexity index is 1040. The van der Waals surface area contributed by atoms with E-state index in [1.165, 1.54) is 5.56 Å². The molecule has 1 aliphatic heterocycles. The maximum atomic E-state index is 13.3. The van der Waals surface area contributed by atoms with Crippen molar-refractivity contribution in [3.8, 4) is 5.75 Å². The number of hydrogen-bond donors (Lipinski definition) is 2. The molecule has 2 heterocycles. The molecule has 2 N–H and O–H groups in total. The Kier molecular flexibility index (Phi) is 6.71. The van der Waals surface area contributed by atoms with Crippen molar-refractivity contribution in [3.63, 3.8) is 0 Å². The first-order valence-corrected chi connectivity index (χ1v) is 11.0. The van der Waals surface area contributed by atoms with Gasteiger partial charge in [-0.15, -0.1) is 0 Å². The second-order valence-corrected chi connectivity index (χ2v) is 8.47. The quantitative estimate of drug-likeness (QED) is 0.535. The number of fused-ring (bicyclic) bond motifs is 1. The summed E-state index contributed by atoms with van der Waals surface area (Å²) in [4.78, 5) is 20.3. The van der Waals surface area contributed by atoms with E-state index in [0.717, 1.165) is 29.4 Å². The van der Waals surface area contributed by atoms with E-state index in [9.17, 15) is 4.79 Å². The van der Waals surface area contributed by atoms with Gasteiger partial charge >= 0.3 is 0 Å². The zero-order valence-electron chi connectivity index (χ0n) is 18.7. The van der Waals surface area contributed by atoms with E-state index in [2.05, 4.69) is 33.7 Å². The summed E-state index contributed by atoms with van der Waals surface area (Å²) in [6.07, 6.45) is 0. The highest BCUT2D eigenvalue weighted by Gasteiger charge is 2.42. The van der Waals surface area contributed by atoms with Gasteiger partial charge in [0.25, 0.3) is 0 Å². The molecular formula is C26H30N4O2. The van der Waals surface area contributed by atoms with Gasteiger partial charge in [-0.3, -0.25) is 4.79 Å². The molecule has 0 fully saturated rings. The fourth-order valence-corrected chi connectivity index (χ4v) is 4.17. The van der Waals surface area contributed by atoms with Crippen LogP contribution in [0.2, 0.25) is 0 Å². The molecule has 6 heteroatoms. The van der Waals surface area contributed by atoms with Gasteiger partial charge in [-0.2, -0.15) is 0 Å². The fraction of sp³-hybridized carbons (Fsp3) is 0.308. The first kappa shape index (κ1) is 21.8. The van der Waals surface area contributed by atoms with E-state index in [-0.39, 0.29) is 5.91 Å². The van der Waals surface area contributed by atoms with E-state index in [0.29, 0.717) is 26.2 Å². The molecule has 4 rings (SSSR count). The lowest BCUT2D eigenvalue weighted by Crippen LogP contribution is -2.53. The summed E-state index contributed by atoms with van der Waals surface area (Å²) in [5, 5.41) is 6.44. The molecule has 0 saturated heterocycles. The third-order valence-electron chi connectivity index (χ3n) is 5.75. The van der Waals surface area contributed by atoms with Crippen LogP contribution in [0.15, 0.2) is 72.8 Å². The van der Waals surface area contributed by atoms with Crippen LogP contribution < -0.4 is 15.4 Å². The van der Waals surface area contributed by atoms with Gasteiger partial charge in [0.1, 0.15) is 23.6 Å². The van der Waals surface area contributed by atoms with Gasteiger partial charge in [-0.25, -0.2) is 4.98 Å². The monoisotopic (exact) mass is 430 g/mol. The molecule has 1 aromatic heterocycles. The Labute approximate surface area is 189 Å². The third kappa shape index (κ3) is 5.08. The van der Waals surface area contributed by atoms with Crippen LogP contribution in [0, 0.1) is 0 Å². The lowest BCUT2D eigenvalue weighted by molar-refractivity contribution is -0.127. The number of hydrogen-bond acceptors (Lipinski definition) is 5. The Morgan fingerprint density at radius 3 is 2.53 bits per heavy atom. The van der Waals surface area contributed by atoms with Gasteiger partial charge < -0.3 is 20.3 Å². The molecule has 0 radical (unpaired) electrons. The van der Waals surface area contributed by atoms with Crippen molar-refractivity contribution < 1.29 is 9.53 Å². The Hall–Kier alpha value is -3.38. The zero-order valence-corrected chi connectivity index (χ0v) is 18.7. The SMILES string of the molecule is CN1Cc2ccc(NCc3ccccc3)nc2C(C)(C(=O)NCCOc2ccccc2)C1. The number of benzene rings is 2. The number of likely N-dealkylation sites (N-methyl/N-ethyl adjacent to an activating group) is 1. The number of nitrogens with one attached hydrogen (secondary N) is 2. The minimum absolute atomic E-state index is 0.0327. The molecule has 1 amide bonds. The standard InChI is InChI=1S/C26H30N4O2/c1-26(25(31)27-15-16-32-22-11-7-4-8-12-22)19-30(2)18-21-13-14-23(29-24(21)26)28-17-20-9-5-3-6-10-20/h3-14H,15-19H2,1-2H3,(H,27,31)(H,28,29). The second-order valence-electron chi connectivity index (χ2n) is 8.47. The van der Waals surface area contributed by atoms with Crippen molar-refractivity contribution in [2.75, 3.05) is 32.1 Å². The molecule has 166 valence electrons. The smallest absolute Gasteiger partial charge is 0.233 e. The van der Waals surface area contributed by atoms with Crippen molar-refractivity contribution in [1.29, 1.82) is 0 Å². The van der Waals surface area contributed by atoms with Crippen LogP contribution in [0.1, 0.15) is 23.7 Å². The van der Waals surface area contributed by atoms with E-state index in [1.54, 1.807) is 0 Å². The molecule has 1 atom stereocenters. The van der Waals surface area contributed by atoms with E-state index in [4.69, 9.17) is 9.72 Å². The normalized spacial score (nSPS) is 17.9. The second kappa shape index (κ2) is 9.83. The van der Waals surface area contributed by atoms with Gasteiger partial charge in [0.15, 0.2) is 0 Å². The molecular weight excluding hydrogens is 400 g/mol. The Morgan fingerprint density at radius 1 is 1.06 bits per heavy atom. The molecule has 0 bridgehead atoms. The summed E-state index contributed by atoms with van der Waals surface area (Å²) in [5.74, 6) is 1.55. The number of ether oxygens (including phenoxy) is 1. The minimum Gasteiger partial charge on any atom is -0.492 e. The molecule has 6 nitrogen and oxygen atoms in total. The molecule has 1 aliphatic rings. The first-order valence-electron chi connectivity index (χ1n) is 11.0. The number of aromatic nitrogens is 1. The lowest BCUT2D eigenvalue weighted by Gasteiger charge is -2.38. The zero-order chi connectivity index (χ0) is 22.4. The number of amides is 1. The number of para-hydroxylation sites is 1. The van der Waals surface area contributed by atoms with Crippen molar-refractivity contribution in [3.05, 3.63) is 89.6 Å². The topological polar surface area (TPSA) is 66.5 Å². The average molecular weight is 431 g/mol. The van der Waals surface area contributed by atoms with Crippen LogP contribution >= 0.6 is 0 Å². The van der Waals surface area contributed by atoms with Crippen LogP contribution in [0.3, 0.4) is 0 Å². The first-order chi connectivity index (χ1) is 15.5. The van der Waals surface area contributed by atoms with E-state index in [1.807, 2.05) is 68.6 Å². The van der Waals surface area contributed by atoms with Crippen molar-refractivity contribution in [2.24, 2.45) is 0 Å². The highest BCUT2D eigenvalue weighted by atomic mass is 16.5. The number of nitrogens with zero attached hydrogens (tertiary/aromatic N) is 2. The largest absolute Gasteiger partial charge is 0.492 e. The number of carbonyl (C=O) groups is 1. The highest BCUT2D eigenvalue weighted by Crippen LogP contribution is 2.33. The van der Waals surface area contributed by atoms with Gasteiger partial charge in [0.05, 0.1) is 12.2 Å². The Balaban J connectivity index is 1.44. The van der Waals surface area contributed by atoms with Crippen molar-refractivity contribution in [1.82, 2.24) is 15.2 Å². The average Bonchev–Trinajstić information content (AvgIpc) is 2.82. The lowest BCUT2D eigenvalue weighted by atomic mass is 9.79. The molecule has 3 aromatic rings. The predicted molar refractivity (Wildman–Crippen MR) is 127 cm³/mol. The summed E-state index contributed by atoms with van der Waals surface area (Å²) in [5.41, 5.74) is 2.38. The molecule has 0 saturated carbocycles. The maximum absolute atomic E-state index is 13.3. The van der Waals surface area contributed by atoms with Gasteiger partial charge in [0.2, 0.25) is 5.91 Å². The molecule has 1 unspecified atom stereocenters. The number of rotatable bonds is 8. The van der Waals surface area contributed by atoms with Crippen molar-refractivity contribution in [2.45, 2.75) is 25.4 Å². The molecule has 32 heavy (non-hydrogen) atoms. The summed E-state index contributed by atoms with van der Waals surface area (Å²) >= 11 is 0. The molecule has 2 aromatic carbocycles. The molecule has 0 spiro atoms. The minimum atomic E-state index is -0.737. The van der Waals surface area contributed by atoms with Gasteiger partial charge in [0, 0.05) is 19.6 Å². The summed E-state index contributed by atoms with van der Waals surface area (Å²) in [6.45, 7) is 4.91.